The molecule has 0 fully saturated rings. The first kappa shape index (κ1) is 14.3. The highest BCUT2D eigenvalue weighted by molar-refractivity contribution is 5.77. The van der Waals surface area contributed by atoms with Gasteiger partial charge >= 0.3 is 6.36 Å². The van der Waals surface area contributed by atoms with Crippen molar-refractivity contribution in [2.45, 2.75) is 26.8 Å². The van der Waals surface area contributed by atoms with Gasteiger partial charge in [-0.1, -0.05) is 26.0 Å². The summed E-state index contributed by atoms with van der Waals surface area (Å²) in [6.07, 6.45) is -4.69. The van der Waals surface area contributed by atoms with Gasteiger partial charge in [0.05, 0.1) is 0 Å². The lowest BCUT2D eigenvalue weighted by molar-refractivity contribution is -0.274. The fourth-order valence-corrected chi connectivity index (χ4v) is 1.20. The Labute approximate surface area is 103 Å². The minimum atomic E-state index is -4.69. The minimum absolute atomic E-state index is 0.106. The molecule has 3 nitrogen and oxygen atoms in total. The molecule has 18 heavy (non-hydrogen) atoms. The SMILES string of the molecule is CC(C)C(=O)NCc1ccc(OC(F)(F)F)cc1. The maximum absolute atomic E-state index is 11.9. The zero-order valence-electron chi connectivity index (χ0n) is 10.0. The highest BCUT2D eigenvalue weighted by Gasteiger charge is 2.30. The van der Waals surface area contributed by atoms with Gasteiger partial charge in [-0.15, -0.1) is 13.2 Å². The van der Waals surface area contributed by atoms with Gasteiger partial charge in [0.15, 0.2) is 0 Å². The van der Waals surface area contributed by atoms with E-state index in [1.165, 1.54) is 24.3 Å². The summed E-state index contributed by atoms with van der Waals surface area (Å²) in [5.74, 6) is -0.509. The van der Waals surface area contributed by atoms with Crippen molar-refractivity contribution in [3.63, 3.8) is 0 Å². The Hall–Kier alpha value is -1.72. The largest absolute Gasteiger partial charge is 0.573 e. The molecule has 1 N–H and O–H groups in total. The maximum atomic E-state index is 11.9. The van der Waals surface area contributed by atoms with Crippen molar-refractivity contribution in [1.82, 2.24) is 5.32 Å². The van der Waals surface area contributed by atoms with Crippen molar-refractivity contribution < 1.29 is 22.7 Å². The van der Waals surface area contributed by atoms with Crippen LogP contribution in [0.15, 0.2) is 24.3 Å². The smallest absolute Gasteiger partial charge is 0.406 e. The number of benzene rings is 1. The second-order valence-corrected chi connectivity index (χ2v) is 4.06. The average molecular weight is 261 g/mol. The Morgan fingerprint density at radius 2 is 1.83 bits per heavy atom. The van der Waals surface area contributed by atoms with Gasteiger partial charge in [-0.2, -0.15) is 0 Å². The standard InChI is InChI=1S/C12H14F3NO2/c1-8(2)11(17)16-7-9-3-5-10(6-4-9)18-12(13,14)15/h3-6,8H,7H2,1-2H3,(H,16,17). The third-order valence-electron chi connectivity index (χ3n) is 2.15. The lowest BCUT2D eigenvalue weighted by Crippen LogP contribution is -2.27. The summed E-state index contributed by atoms with van der Waals surface area (Å²) in [5.41, 5.74) is 0.707. The molecule has 0 aromatic heterocycles. The molecular formula is C12H14F3NO2. The van der Waals surface area contributed by atoms with Crippen LogP contribution in [0.1, 0.15) is 19.4 Å². The average Bonchev–Trinajstić information content (AvgIpc) is 2.25. The molecule has 0 aliphatic rings. The Kier molecular flexibility index (Phi) is 4.58. The molecule has 0 saturated carbocycles. The van der Waals surface area contributed by atoms with Crippen molar-refractivity contribution in [3.05, 3.63) is 29.8 Å². The highest BCUT2D eigenvalue weighted by atomic mass is 19.4. The summed E-state index contributed by atoms with van der Waals surface area (Å²) in [4.78, 5) is 11.3. The number of carbonyl (C=O) groups is 1. The van der Waals surface area contributed by atoms with Gasteiger partial charge in [-0.25, -0.2) is 0 Å². The van der Waals surface area contributed by atoms with Crippen molar-refractivity contribution in [2.75, 3.05) is 0 Å². The Morgan fingerprint density at radius 3 is 2.28 bits per heavy atom. The van der Waals surface area contributed by atoms with Gasteiger partial charge in [-0.3, -0.25) is 4.79 Å². The summed E-state index contributed by atoms with van der Waals surface area (Å²) in [7, 11) is 0. The van der Waals surface area contributed by atoms with Crippen molar-refractivity contribution in [2.24, 2.45) is 5.92 Å². The van der Waals surface area contributed by atoms with Crippen LogP contribution in [0.3, 0.4) is 0 Å². The number of rotatable bonds is 4. The highest BCUT2D eigenvalue weighted by Crippen LogP contribution is 2.22. The van der Waals surface area contributed by atoms with E-state index in [0.717, 1.165) is 0 Å². The monoisotopic (exact) mass is 261 g/mol. The van der Waals surface area contributed by atoms with Gasteiger partial charge in [0.1, 0.15) is 5.75 Å². The van der Waals surface area contributed by atoms with Gasteiger partial charge in [0.25, 0.3) is 0 Å². The fourth-order valence-electron chi connectivity index (χ4n) is 1.20. The summed E-state index contributed by atoms with van der Waals surface area (Å²) in [6, 6.07) is 5.37. The molecule has 0 aliphatic heterocycles. The van der Waals surface area contributed by atoms with E-state index in [-0.39, 0.29) is 24.1 Å². The van der Waals surface area contributed by atoms with E-state index in [1.807, 2.05) is 0 Å². The van der Waals surface area contributed by atoms with Crippen LogP contribution in [0.2, 0.25) is 0 Å². The Morgan fingerprint density at radius 1 is 1.28 bits per heavy atom. The quantitative estimate of drug-likeness (QED) is 0.905. The lowest BCUT2D eigenvalue weighted by Gasteiger charge is -2.10. The molecule has 0 saturated heterocycles. The topological polar surface area (TPSA) is 38.3 Å². The van der Waals surface area contributed by atoms with E-state index in [0.29, 0.717) is 5.56 Å². The van der Waals surface area contributed by atoms with Crippen LogP contribution in [0.4, 0.5) is 13.2 Å². The first-order chi connectivity index (χ1) is 8.28. The molecule has 0 bridgehead atoms. The third-order valence-corrected chi connectivity index (χ3v) is 2.15. The first-order valence-corrected chi connectivity index (χ1v) is 5.40. The predicted molar refractivity (Wildman–Crippen MR) is 59.8 cm³/mol. The van der Waals surface area contributed by atoms with Crippen LogP contribution in [-0.2, 0) is 11.3 Å². The van der Waals surface area contributed by atoms with E-state index in [9.17, 15) is 18.0 Å². The van der Waals surface area contributed by atoms with Crippen molar-refractivity contribution in [1.29, 1.82) is 0 Å². The molecule has 1 rings (SSSR count). The molecule has 1 aromatic carbocycles. The number of hydrogen-bond donors (Lipinski definition) is 1. The number of nitrogens with one attached hydrogen (secondary N) is 1. The zero-order chi connectivity index (χ0) is 13.8. The maximum Gasteiger partial charge on any atom is 0.573 e. The molecule has 0 heterocycles. The van der Waals surface area contributed by atoms with Crippen LogP contribution in [0.25, 0.3) is 0 Å². The number of hydrogen-bond acceptors (Lipinski definition) is 2. The summed E-state index contributed by atoms with van der Waals surface area (Å²) < 4.78 is 39.4. The molecule has 6 heteroatoms. The van der Waals surface area contributed by atoms with Crippen LogP contribution < -0.4 is 10.1 Å². The summed E-state index contributed by atoms with van der Waals surface area (Å²) in [5, 5.41) is 2.66. The summed E-state index contributed by atoms with van der Waals surface area (Å²) >= 11 is 0. The molecule has 1 amide bonds. The lowest BCUT2D eigenvalue weighted by atomic mass is 10.2. The van der Waals surface area contributed by atoms with E-state index in [2.05, 4.69) is 10.1 Å². The van der Waals surface area contributed by atoms with Crippen LogP contribution in [0, 0.1) is 5.92 Å². The van der Waals surface area contributed by atoms with E-state index < -0.39 is 6.36 Å². The Balaban J connectivity index is 2.53. The van der Waals surface area contributed by atoms with Crippen LogP contribution in [-0.4, -0.2) is 12.3 Å². The normalized spacial score (nSPS) is 11.4. The van der Waals surface area contributed by atoms with Gasteiger partial charge in [0.2, 0.25) is 5.91 Å². The molecule has 0 unspecified atom stereocenters. The number of halogens is 3. The third kappa shape index (κ3) is 5.07. The number of alkyl halides is 3. The van der Waals surface area contributed by atoms with Crippen molar-refractivity contribution >= 4 is 5.91 Å². The van der Waals surface area contributed by atoms with E-state index in [4.69, 9.17) is 0 Å². The molecule has 0 spiro atoms. The second-order valence-electron chi connectivity index (χ2n) is 4.06. The first-order valence-electron chi connectivity index (χ1n) is 5.40. The number of carbonyl (C=O) groups excluding carboxylic acids is 1. The van der Waals surface area contributed by atoms with E-state index >= 15 is 0 Å². The molecule has 0 aliphatic carbocycles. The van der Waals surface area contributed by atoms with Crippen molar-refractivity contribution in [3.8, 4) is 5.75 Å². The van der Waals surface area contributed by atoms with Gasteiger partial charge in [0, 0.05) is 12.5 Å². The van der Waals surface area contributed by atoms with Gasteiger partial charge < -0.3 is 10.1 Å². The number of amides is 1. The zero-order valence-corrected chi connectivity index (χ0v) is 10.0. The Bertz CT molecular complexity index is 399. The summed E-state index contributed by atoms with van der Waals surface area (Å²) in [6.45, 7) is 3.80. The second kappa shape index (κ2) is 5.75. The fraction of sp³-hybridized carbons (Fsp3) is 0.417. The molecule has 1 aromatic rings. The number of ether oxygens (including phenoxy) is 1. The molecule has 100 valence electrons. The van der Waals surface area contributed by atoms with Crippen LogP contribution in [0.5, 0.6) is 5.75 Å². The molecular weight excluding hydrogens is 247 g/mol. The predicted octanol–water partition coefficient (Wildman–Crippen LogP) is 2.86. The van der Waals surface area contributed by atoms with Gasteiger partial charge in [-0.05, 0) is 17.7 Å². The molecule has 0 radical (unpaired) electrons. The molecule has 0 atom stereocenters. The minimum Gasteiger partial charge on any atom is -0.406 e. The van der Waals surface area contributed by atoms with Crippen LogP contribution >= 0.6 is 0 Å². The van der Waals surface area contributed by atoms with E-state index in [1.54, 1.807) is 13.8 Å².